The summed E-state index contributed by atoms with van der Waals surface area (Å²) >= 11 is 11.9. The van der Waals surface area contributed by atoms with Gasteiger partial charge in [-0.25, -0.2) is 0 Å². The number of rotatable bonds is 5. The molecule has 2 aromatic carbocycles. The molecule has 0 fully saturated rings. The summed E-state index contributed by atoms with van der Waals surface area (Å²) in [6, 6.07) is 10.7. The van der Waals surface area contributed by atoms with Gasteiger partial charge in [0, 0.05) is 22.7 Å². The van der Waals surface area contributed by atoms with Crippen LogP contribution in [0.25, 0.3) is 11.5 Å². The van der Waals surface area contributed by atoms with Gasteiger partial charge in [0.25, 0.3) is 11.6 Å². The number of benzene rings is 2. The molecular formula is C16H11Cl2N3O4. The van der Waals surface area contributed by atoms with Crippen molar-refractivity contribution in [3.8, 4) is 17.2 Å². The quantitative estimate of drug-likeness (QED) is 0.452. The van der Waals surface area contributed by atoms with Crippen molar-refractivity contribution >= 4 is 28.9 Å². The minimum atomic E-state index is -0.544. The molecule has 1 heterocycles. The smallest absolute Gasteiger partial charge is 0.269 e. The molecule has 25 heavy (non-hydrogen) atoms. The number of ether oxygens (including phenoxy) is 1. The number of hydrogen-bond donors (Lipinski definition) is 0. The summed E-state index contributed by atoms with van der Waals surface area (Å²) in [5.74, 6) is 0.926. The van der Waals surface area contributed by atoms with Gasteiger partial charge in [-0.3, -0.25) is 10.1 Å². The lowest BCUT2D eigenvalue weighted by Gasteiger charge is -2.12. The third-order valence-corrected chi connectivity index (χ3v) is 3.84. The molecule has 0 aliphatic carbocycles. The van der Waals surface area contributed by atoms with Crippen molar-refractivity contribution in [3.05, 3.63) is 68.5 Å². The van der Waals surface area contributed by atoms with Gasteiger partial charge in [-0.2, -0.15) is 0 Å². The first-order valence-corrected chi connectivity index (χ1v) is 7.89. The Morgan fingerprint density at radius 2 is 1.88 bits per heavy atom. The number of halogens is 2. The third kappa shape index (κ3) is 3.89. The van der Waals surface area contributed by atoms with E-state index < -0.39 is 11.0 Å². The van der Waals surface area contributed by atoms with Gasteiger partial charge in [-0.05, 0) is 37.3 Å². The summed E-state index contributed by atoms with van der Waals surface area (Å²) < 4.78 is 11.3. The summed E-state index contributed by atoms with van der Waals surface area (Å²) in [5.41, 5.74) is 0.554. The lowest BCUT2D eigenvalue weighted by molar-refractivity contribution is -0.384. The number of non-ortho nitro benzene ring substituents is 1. The largest absolute Gasteiger partial charge is 0.479 e. The number of aromatic nitrogens is 2. The van der Waals surface area contributed by atoms with Crippen LogP contribution in [0.3, 0.4) is 0 Å². The normalized spacial score (nSPS) is 12.0. The SMILES string of the molecule is CC(Oc1ccc(Cl)cc1Cl)c1nnc(-c2ccc([N+](=O)[O-])cc2)o1. The Labute approximate surface area is 152 Å². The van der Waals surface area contributed by atoms with Crippen LogP contribution in [0.15, 0.2) is 46.9 Å². The van der Waals surface area contributed by atoms with Crippen molar-refractivity contribution in [1.29, 1.82) is 0 Å². The summed E-state index contributed by atoms with van der Waals surface area (Å²) in [7, 11) is 0. The first kappa shape index (κ1) is 17.2. The maximum atomic E-state index is 10.7. The molecule has 0 N–H and O–H groups in total. The minimum absolute atomic E-state index is 0.0161. The summed E-state index contributed by atoms with van der Waals surface area (Å²) in [6.07, 6.45) is -0.544. The minimum Gasteiger partial charge on any atom is -0.479 e. The molecule has 0 radical (unpaired) electrons. The van der Waals surface area contributed by atoms with Crippen molar-refractivity contribution in [2.24, 2.45) is 0 Å². The predicted octanol–water partition coefficient (Wildman–Crippen LogP) is 5.09. The zero-order valence-electron chi connectivity index (χ0n) is 12.8. The summed E-state index contributed by atoms with van der Waals surface area (Å²) in [4.78, 5) is 10.2. The molecule has 1 atom stereocenters. The van der Waals surface area contributed by atoms with Crippen molar-refractivity contribution in [2.75, 3.05) is 0 Å². The van der Waals surface area contributed by atoms with E-state index in [0.29, 0.717) is 21.4 Å². The molecule has 1 aromatic heterocycles. The second kappa shape index (κ2) is 7.08. The van der Waals surface area contributed by atoms with E-state index in [9.17, 15) is 10.1 Å². The molecule has 7 nitrogen and oxygen atoms in total. The Morgan fingerprint density at radius 1 is 1.16 bits per heavy atom. The number of nitro benzene ring substituents is 1. The number of hydrogen-bond acceptors (Lipinski definition) is 6. The van der Waals surface area contributed by atoms with Crippen LogP contribution < -0.4 is 4.74 Å². The fraction of sp³-hybridized carbons (Fsp3) is 0.125. The molecule has 0 aliphatic heterocycles. The van der Waals surface area contributed by atoms with E-state index in [0.717, 1.165) is 0 Å². The molecule has 0 amide bonds. The van der Waals surface area contributed by atoms with Crippen LogP contribution in [0, 0.1) is 10.1 Å². The van der Waals surface area contributed by atoms with Gasteiger partial charge in [-0.15, -0.1) is 10.2 Å². The molecule has 3 aromatic rings. The van der Waals surface area contributed by atoms with Gasteiger partial charge >= 0.3 is 0 Å². The molecule has 9 heteroatoms. The maximum absolute atomic E-state index is 10.7. The Kier molecular flexibility index (Phi) is 4.87. The van der Waals surface area contributed by atoms with Crippen LogP contribution in [0.5, 0.6) is 5.75 Å². The van der Waals surface area contributed by atoms with Gasteiger partial charge in [0.15, 0.2) is 6.10 Å². The second-order valence-electron chi connectivity index (χ2n) is 5.08. The van der Waals surface area contributed by atoms with Crippen molar-refractivity contribution in [1.82, 2.24) is 10.2 Å². The van der Waals surface area contributed by atoms with Crippen LogP contribution in [0.1, 0.15) is 18.9 Å². The maximum Gasteiger partial charge on any atom is 0.269 e. The van der Waals surface area contributed by atoms with E-state index in [4.69, 9.17) is 32.4 Å². The van der Waals surface area contributed by atoms with E-state index in [-0.39, 0.29) is 17.5 Å². The lowest BCUT2D eigenvalue weighted by atomic mass is 10.2. The van der Waals surface area contributed by atoms with Crippen LogP contribution in [0.4, 0.5) is 5.69 Å². The molecule has 1 unspecified atom stereocenters. The van der Waals surface area contributed by atoms with E-state index in [1.807, 2.05) is 0 Å². The zero-order valence-corrected chi connectivity index (χ0v) is 14.4. The topological polar surface area (TPSA) is 91.3 Å². The second-order valence-corrected chi connectivity index (χ2v) is 5.93. The Hall–Kier alpha value is -2.64. The van der Waals surface area contributed by atoms with Gasteiger partial charge in [0.05, 0.1) is 9.95 Å². The molecule has 3 rings (SSSR count). The van der Waals surface area contributed by atoms with Crippen molar-refractivity contribution in [2.45, 2.75) is 13.0 Å². The molecule has 0 aliphatic rings. The first-order valence-electron chi connectivity index (χ1n) is 7.14. The van der Waals surface area contributed by atoms with Crippen molar-refractivity contribution < 1.29 is 14.1 Å². The highest BCUT2D eigenvalue weighted by molar-refractivity contribution is 6.35. The highest BCUT2D eigenvalue weighted by Gasteiger charge is 2.18. The summed E-state index contributed by atoms with van der Waals surface area (Å²) in [6.45, 7) is 1.73. The van der Waals surface area contributed by atoms with E-state index in [1.165, 1.54) is 24.3 Å². The lowest BCUT2D eigenvalue weighted by Crippen LogP contribution is -2.03. The monoisotopic (exact) mass is 379 g/mol. The highest BCUT2D eigenvalue weighted by atomic mass is 35.5. The first-order chi connectivity index (χ1) is 11.9. The van der Waals surface area contributed by atoms with Crippen LogP contribution in [-0.4, -0.2) is 15.1 Å². The molecule has 0 spiro atoms. The average molecular weight is 380 g/mol. The average Bonchev–Trinajstić information content (AvgIpc) is 3.07. The van der Waals surface area contributed by atoms with Crippen LogP contribution >= 0.6 is 23.2 Å². The van der Waals surface area contributed by atoms with E-state index >= 15 is 0 Å². The fourth-order valence-electron chi connectivity index (χ4n) is 2.05. The molecule has 0 saturated heterocycles. The molecule has 0 saturated carbocycles. The van der Waals surface area contributed by atoms with Crippen LogP contribution in [0.2, 0.25) is 10.0 Å². The molecule has 128 valence electrons. The fourth-order valence-corrected chi connectivity index (χ4v) is 2.51. The summed E-state index contributed by atoms with van der Waals surface area (Å²) in [5, 5.41) is 19.4. The number of nitrogens with zero attached hydrogens (tertiary/aromatic N) is 3. The van der Waals surface area contributed by atoms with Gasteiger partial charge in [0.2, 0.25) is 5.89 Å². The Balaban J connectivity index is 1.77. The van der Waals surface area contributed by atoms with Crippen molar-refractivity contribution in [3.63, 3.8) is 0 Å². The predicted molar refractivity (Wildman–Crippen MR) is 91.9 cm³/mol. The molecule has 0 bridgehead atoms. The van der Waals surface area contributed by atoms with Gasteiger partial charge < -0.3 is 9.15 Å². The Bertz CT molecular complexity index is 912. The highest BCUT2D eigenvalue weighted by Crippen LogP contribution is 2.31. The van der Waals surface area contributed by atoms with E-state index in [2.05, 4.69) is 10.2 Å². The van der Waals surface area contributed by atoms with Gasteiger partial charge in [0.1, 0.15) is 5.75 Å². The van der Waals surface area contributed by atoms with Gasteiger partial charge in [-0.1, -0.05) is 23.2 Å². The standard InChI is InChI=1S/C16H11Cl2N3O4/c1-9(24-14-7-4-11(17)8-13(14)18)15-19-20-16(25-15)10-2-5-12(6-3-10)21(22)23/h2-9H,1H3. The Morgan fingerprint density at radius 3 is 2.52 bits per heavy atom. The van der Waals surface area contributed by atoms with E-state index in [1.54, 1.807) is 25.1 Å². The zero-order chi connectivity index (χ0) is 18.0. The molecular weight excluding hydrogens is 369 g/mol. The van der Waals surface area contributed by atoms with Crippen LogP contribution in [-0.2, 0) is 0 Å². The number of nitro groups is 1. The third-order valence-electron chi connectivity index (χ3n) is 3.31.